The van der Waals surface area contributed by atoms with Gasteiger partial charge in [-0.05, 0) is 32.4 Å². The lowest BCUT2D eigenvalue weighted by molar-refractivity contribution is -0.152. The fraction of sp³-hybridized carbons (Fsp3) is 0.478. The molecule has 3 heteroatoms. The second-order valence-electron chi connectivity index (χ2n) is 7.42. The van der Waals surface area contributed by atoms with Crippen LogP contribution in [0.1, 0.15) is 43.7 Å². The molecule has 0 N–H and O–H groups in total. The van der Waals surface area contributed by atoms with Gasteiger partial charge in [0.1, 0.15) is 6.10 Å². The summed E-state index contributed by atoms with van der Waals surface area (Å²) in [6.45, 7) is 5.24. The average Bonchev–Trinajstić information content (AvgIpc) is 3.17. The zero-order valence-electron chi connectivity index (χ0n) is 15.6. The Morgan fingerprint density at radius 2 is 1.62 bits per heavy atom. The maximum absolute atomic E-state index is 6.77. The maximum Gasteiger partial charge on any atom is 0.222 e. The summed E-state index contributed by atoms with van der Waals surface area (Å²) < 4.78 is 13.2. The largest absolute Gasteiger partial charge is 0.339 e. The van der Waals surface area contributed by atoms with E-state index in [-0.39, 0.29) is 6.10 Å². The van der Waals surface area contributed by atoms with Gasteiger partial charge in [0.2, 0.25) is 5.79 Å². The summed E-state index contributed by atoms with van der Waals surface area (Å²) in [4.78, 5) is 2.61. The number of ether oxygens (including phenoxy) is 2. The molecule has 2 saturated heterocycles. The molecule has 26 heavy (non-hydrogen) atoms. The van der Waals surface area contributed by atoms with E-state index in [1.54, 1.807) is 0 Å². The molecule has 0 unspecified atom stereocenters. The molecule has 2 atom stereocenters. The molecule has 0 amide bonds. The molecular weight excluding hydrogens is 322 g/mol. The molecule has 0 bridgehead atoms. The quantitative estimate of drug-likeness (QED) is 0.788. The van der Waals surface area contributed by atoms with Gasteiger partial charge in [0.15, 0.2) is 0 Å². The molecule has 0 spiro atoms. The van der Waals surface area contributed by atoms with Crippen LogP contribution in [0.5, 0.6) is 0 Å². The molecule has 0 saturated carbocycles. The monoisotopic (exact) mass is 351 g/mol. The van der Waals surface area contributed by atoms with Gasteiger partial charge in [-0.3, -0.25) is 4.90 Å². The number of hydrogen-bond acceptors (Lipinski definition) is 3. The third-order valence-electron chi connectivity index (χ3n) is 5.68. The Balaban J connectivity index is 1.65. The van der Waals surface area contributed by atoms with Gasteiger partial charge >= 0.3 is 0 Å². The number of nitrogens with zero attached hydrogens (tertiary/aromatic N) is 1. The van der Waals surface area contributed by atoms with Crippen molar-refractivity contribution in [2.24, 2.45) is 0 Å². The topological polar surface area (TPSA) is 21.7 Å². The van der Waals surface area contributed by atoms with Crippen molar-refractivity contribution in [1.29, 1.82) is 0 Å². The van der Waals surface area contributed by atoms with Crippen molar-refractivity contribution >= 4 is 0 Å². The van der Waals surface area contributed by atoms with Gasteiger partial charge in [0, 0.05) is 17.2 Å². The molecule has 2 heterocycles. The van der Waals surface area contributed by atoms with Crippen LogP contribution in [0.25, 0.3) is 0 Å². The Kier molecular flexibility index (Phi) is 5.39. The normalized spacial score (nSPS) is 26.0. The van der Waals surface area contributed by atoms with Crippen LogP contribution in [0.15, 0.2) is 60.7 Å². The Labute approximate surface area is 156 Å². The maximum atomic E-state index is 6.77. The van der Waals surface area contributed by atoms with E-state index in [0.717, 1.165) is 17.7 Å². The number of hydrogen-bond donors (Lipinski definition) is 0. The molecule has 0 radical (unpaired) electrons. The minimum absolute atomic E-state index is 0.113. The molecule has 2 aliphatic rings. The number of likely N-dealkylation sites (tertiary alicyclic amines) is 1. The first-order valence-electron chi connectivity index (χ1n) is 10.0. The fourth-order valence-electron chi connectivity index (χ4n) is 4.46. The van der Waals surface area contributed by atoms with E-state index in [1.165, 1.54) is 32.2 Å². The highest BCUT2D eigenvalue weighted by molar-refractivity contribution is 5.34. The molecular formula is C23H29NO2. The summed E-state index contributed by atoms with van der Waals surface area (Å²) in [5, 5.41) is 0. The highest BCUT2D eigenvalue weighted by atomic mass is 16.7. The van der Waals surface area contributed by atoms with Crippen LogP contribution in [0.3, 0.4) is 0 Å². The summed E-state index contributed by atoms with van der Waals surface area (Å²) in [5.74, 6) is -0.789. The lowest BCUT2D eigenvalue weighted by Gasteiger charge is -2.39. The lowest BCUT2D eigenvalue weighted by atomic mass is 9.96. The van der Waals surface area contributed by atoms with E-state index >= 15 is 0 Å². The van der Waals surface area contributed by atoms with Gasteiger partial charge in [-0.2, -0.15) is 0 Å². The molecule has 138 valence electrons. The van der Waals surface area contributed by atoms with Crippen LogP contribution in [0.4, 0.5) is 0 Å². The molecule has 2 aromatic rings. The second kappa shape index (κ2) is 7.91. The number of benzene rings is 2. The predicted molar refractivity (Wildman–Crippen MR) is 104 cm³/mol. The Morgan fingerprint density at radius 1 is 0.962 bits per heavy atom. The van der Waals surface area contributed by atoms with Crippen LogP contribution in [-0.4, -0.2) is 36.7 Å². The summed E-state index contributed by atoms with van der Waals surface area (Å²) in [6, 6.07) is 21.2. The van der Waals surface area contributed by atoms with Crippen LogP contribution < -0.4 is 0 Å². The molecule has 2 fully saturated rings. The minimum atomic E-state index is -0.789. The first kappa shape index (κ1) is 17.7. The molecule has 3 nitrogen and oxygen atoms in total. The van der Waals surface area contributed by atoms with E-state index in [0.29, 0.717) is 12.6 Å². The third kappa shape index (κ3) is 3.32. The van der Waals surface area contributed by atoms with Crippen molar-refractivity contribution in [2.75, 3.05) is 19.7 Å². The Hall–Kier alpha value is -1.68. The van der Waals surface area contributed by atoms with Crippen molar-refractivity contribution in [3.63, 3.8) is 0 Å². The van der Waals surface area contributed by atoms with Gasteiger partial charge in [-0.1, -0.05) is 74.0 Å². The Bertz CT molecular complexity index is 646. The van der Waals surface area contributed by atoms with Crippen LogP contribution in [0.2, 0.25) is 0 Å². The zero-order valence-corrected chi connectivity index (χ0v) is 15.6. The van der Waals surface area contributed by atoms with Crippen molar-refractivity contribution in [3.05, 3.63) is 71.8 Å². The highest BCUT2D eigenvalue weighted by Crippen LogP contribution is 2.42. The van der Waals surface area contributed by atoms with Crippen molar-refractivity contribution in [1.82, 2.24) is 4.90 Å². The standard InChI is InChI=1S/C23H29NO2/c1-2-16-24-17-10-9-15-21(24)22-18-25-23(26-22,19-11-5-3-6-12-19)20-13-7-4-8-14-20/h3-8,11-14,21-22H,2,9-10,15-18H2,1H3/t21-,22+/m0/s1. The minimum Gasteiger partial charge on any atom is -0.339 e. The Morgan fingerprint density at radius 3 is 2.23 bits per heavy atom. The smallest absolute Gasteiger partial charge is 0.222 e. The summed E-state index contributed by atoms with van der Waals surface area (Å²) in [5.41, 5.74) is 2.15. The first-order chi connectivity index (χ1) is 12.8. The van der Waals surface area contributed by atoms with E-state index in [1.807, 2.05) is 12.1 Å². The summed E-state index contributed by atoms with van der Waals surface area (Å²) in [6.07, 6.45) is 5.09. The van der Waals surface area contributed by atoms with Gasteiger partial charge in [0.05, 0.1) is 6.61 Å². The highest BCUT2D eigenvalue weighted by Gasteiger charge is 2.48. The van der Waals surface area contributed by atoms with E-state index < -0.39 is 5.79 Å². The van der Waals surface area contributed by atoms with Crippen molar-refractivity contribution < 1.29 is 9.47 Å². The van der Waals surface area contributed by atoms with Gasteiger partial charge < -0.3 is 9.47 Å². The van der Waals surface area contributed by atoms with Gasteiger partial charge in [-0.25, -0.2) is 0 Å². The van der Waals surface area contributed by atoms with Crippen molar-refractivity contribution in [3.8, 4) is 0 Å². The second-order valence-corrected chi connectivity index (χ2v) is 7.42. The molecule has 4 rings (SSSR count). The summed E-state index contributed by atoms with van der Waals surface area (Å²) >= 11 is 0. The predicted octanol–water partition coefficient (Wildman–Crippen LogP) is 4.57. The van der Waals surface area contributed by atoms with Gasteiger partial charge in [0.25, 0.3) is 0 Å². The fourth-order valence-corrected chi connectivity index (χ4v) is 4.46. The molecule has 2 aromatic carbocycles. The van der Waals surface area contributed by atoms with E-state index in [4.69, 9.17) is 9.47 Å². The number of piperidine rings is 1. The van der Waals surface area contributed by atoms with Crippen LogP contribution in [0, 0.1) is 0 Å². The molecule has 2 aliphatic heterocycles. The van der Waals surface area contributed by atoms with Gasteiger partial charge in [-0.15, -0.1) is 0 Å². The third-order valence-corrected chi connectivity index (χ3v) is 5.68. The van der Waals surface area contributed by atoms with Crippen LogP contribution in [-0.2, 0) is 15.3 Å². The zero-order chi connectivity index (χ0) is 17.8. The molecule has 0 aromatic heterocycles. The molecule has 0 aliphatic carbocycles. The SMILES string of the molecule is CCCN1CCCC[C@H]1[C@H]1COC(c2ccccc2)(c2ccccc2)O1. The summed E-state index contributed by atoms with van der Waals surface area (Å²) in [7, 11) is 0. The lowest BCUT2D eigenvalue weighted by Crippen LogP contribution is -2.48. The van der Waals surface area contributed by atoms with Crippen LogP contribution >= 0.6 is 0 Å². The van der Waals surface area contributed by atoms with E-state index in [9.17, 15) is 0 Å². The average molecular weight is 351 g/mol. The first-order valence-corrected chi connectivity index (χ1v) is 10.0. The number of rotatable bonds is 5. The van der Waals surface area contributed by atoms with E-state index in [2.05, 4.69) is 60.4 Å². The van der Waals surface area contributed by atoms with Crippen molar-refractivity contribution in [2.45, 2.75) is 50.5 Å².